The maximum atomic E-state index is 4.54. The van der Waals surface area contributed by atoms with Gasteiger partial charge in [0.05, 0.1) is 5.69 Å². The molecule has 0 fully saturated rings. The molecule has 0 unspecified atom stereocenters. The zero-order valence-electron chi connectivity index (χ0n) is 12.9. The van der Waals surface area contributed by atoms with Crippen LogP contribution < -0.4 is 0 Å². The number of aromatic nitrogens is 3. The van der Waals surface area contributed by atoms with Crippen molar-refractivity contribution < 1.29 is 0 Å². The molecular weight excluding hydrogens is 248 g/mol. The van der Waals surface area contributed by atoms with Crippen LogP contribution in [-0.4, -0.2) is 32.8 Å². The molecule has 2 aromatic heterocycles. The van der Waals surface area contributed by atoms with Gasteiger partial charge in [-0.1, -0.05) is 6.07 Å². The van der Waals surface area contributed by atoms with E-state index in [0.29, 0.717) is 6.04 Å². The smallest absolute Gasteiger partial charge is 0.0764 e. The third kappa shape index (κ3) is 3.67. The summed E-state index contributed by atoms with van der Waals surface area (Å²) < 4.78 is 1.97. The molecule has 1 atom stereocenters. The van der Waals surface area contributed by atoms with Gasteiger partial charge in [-0.2, -0.15) is 5.10 Å². The van der Waals surface area contributed by atoms with Gasteiger partial charge in [0.25, 0.3) is 0 Å². The molecule has 0 spiro atoms. The van der Waals surface area contributed by atoms with Crippen LogP contribution in [0.5, 0.6) is 0 Å². The second-order valence-electron chi connectivity index (χ2n) is 5.40. The number of hydrogen-bond donors (Lipinski definition) is 0. The Balaban J connectivity index is 1.95. The normalized spacial score (nSPS) is 12.8. The Labute approximate surface area is 121 Å². The van der Waals surface area contributed by atoms with E-state index in [-0.39, 0.29) is 0 Å². The second-order valence-corrected chi connectivity index (χ2v) is 5.40. The molecule has 4 heteroatoms. The average molecular weight is 272 g/mol. The molecule has 0 aromatic carbocycles. The molecule has 2 heterocycles. The van der Waals surface area contributed by atoms with Crippen molar-refractivity contribution >= 4 is 0 Å². The molecule has 0 radical (unpaired) electrons. The topological polar surface area (TPSA) is 34.0 Å². The van der Waals surface area contributed by atoms with Crippen molar-refractivity contribution in [3.05, 3.63) is 47.5 Å². The lowest BCUT2D eigenvalue weighted by Crippen LogP contribution is -2.31. The molecule has 0 saturated heterocycles. The summed E-state index contributed by atoms with van der Waals surface area (Å²) >= 11 is 0. The average Bonchev–Trinajstić information content (AvgIpc) is 2.89. The quantitative estimate of drug-likeness (QED) is 0.810. The fourth-order valence-corrected chi connectivity index (χ4v) is 2.24. The number of pyridine rings is 1. The maximum absolute atomic E-state index is 4.54. The van der Waals surface area contributed by atoms with Crippen molar-refractivity contribution in [1.29, 1.82) is 0 Å². The predicted octanol–water partition coefficient (Wildman–Crippen LogP) is 2.67. The molecule has 0 N–H and O–H groups in total. The van der Waals surface area contributed by atoms with E-state index in [2.05, 4.69) is 54.9 Å². The van der Waals surface area contributed by atoms with E-state index in [0.717, 1.165) is 25.2 Å². The van der Waals surface area contributed by atoms with E-state index in [1.165, 1.54) is 11.3 Å². The minimum Gasteiger partial charge on any atom is -0.297 e. The summed E-state index contributed by atoms with van der Waals surface area (Å²) in [5.74, 6) is 0. The monoisotopic (exact) mass is 272 g/mol. The van der Waals surface area contributed by atoms with E-state index >= 15 is 0 Å². The summed E-state index contributed by atoms with van der Waals surface area (Å²) in [6.45, 7) is 8.27. The Morgan fingerprint density at radius 1 is 1.35 bits per heavy atom. The highest BCUT2D eigenvalue weighted by Crippen LogP contribution is 2.11. The second kappa shape index (κ2) is 6.66. The maximum Gasteiger partial charge on any atom is 0.0764 e. The van der Waals surface area contributed by atoms with Crippen molar-refractivity contribution in [1.82, 2.24) is 19.7 Å². The lowest BCUT2D eigenvalue weighted by Gasteiger charge is -2.24. The number of likely N-dealkylation sites (N-methyl/N-ethyl adjacent to an activating group) is 1. The van der Waals surface area contributed by atoms with Gasteiger partial charge >= 0.3 is 0 Å². The van der Waals surface area contributed by atoms with Gasteiger partial charge in [-0.05, 0) is 45.5 Å². The number of aryl methyl sites for hydroxylation is 2. The van der Waals surface area contributed by atoms with Gasteiger partial charge in [0.2, 0.25) is 0 Å². The first kappa shape index (κ1) is 14.7. The molecule has 20 heavy (non-hydrogen) atoms. The lowest BCUT2D eigenvalue weighted by atomic mass is 10.1. The number of rotatable bonds is 6. The summed E-state index contributed by atoms with van der Waals surface area (Å²) in [5.41, 5.74) is 3.58. The molecule has 4 nitrogen and oxygen atoms in total. The number of hydrogen-bond acceptors (Lipinski definition) is 3. The first-order valence-corrected chi connectivity index (χ1v) is 7.23. The van der Waals surface area contributed by atoms with Crippen LogP contribution in [0, 0.1) is 6.92 Å². The van der Waals surface area contributed by atoms with E-state index < -0.39 is 0 Å². The van der Waals surface area contributed by atoms with Crippen LogP contribution in [0.1, 0.15) is 30.8 Å². The zero-order valence-corrected chi connectivity index (χ0v) is 12.9. The molecule has 0 amide bonds. The largest absolute Gasteiger partial charge is 0.297 e. The highest BCUT2D eigenvalue weighted by molar-refractivity contribution is 5.18. The Hall–Kier alpha value is -1.68. The van der Waals surface area contributed by atoms with Crippen molar-refractivity contribution in [3.63, 3.8) is 0 Å². The molecule has 0 saturated carbocycles. The predicted molar refractivity (Wildman–Crippen MR) is 81.5 cm³/mol. The molecule has 0 aliphatic heterocycles. The SMILES string of the molecule is CCn1ccc(CN(C)[C@H](C)Cc2ncccc2C)n1. The first-order valence-electron chi connectivity index (χ1n) is 7.23. The van der Waals surface area contributed by atoms with Crippen molar-refractivity contribution in [2.75, 3.05) is 7.05 Å². The molecule has 0 aliphatic carbocycles. The highest BCUT2D eigenvalue weighted by atomic mass is 15.3. The van der Waals surface area contributed by atoms with Gasteiger partial charge in [-0.25, -0.2) is 0 Å². The fraction of sp³-hybridized carbons (Fsp3) is 0.500. The van der Waals surface area contributed by atoms with Gasteiger partial charge in [-0.15, -0.1) is 0 Å². The van der Waals surface area contributed by atoms with Crippen molar-refractivity contribution in [2.24, 2.45) is 0 Å². The van der Waals surface area contributed by atoms with Gasteiger partial charge in [0.15, 0.2) is 0 Å². The van der Waals surface area contributed by atoms with Crippen LogP contribution in [0.25, 0.3) is 0 Å². The minimum absolute atomic E-state index is 0.440. The third-order valence-corrected chi connectivity index (χ3v) is 3.79. The van der Waals surface area contributed by atoms with Crippen molar-refractivity contribution in [2.45, 2.75) is 46.3 Å². The molecule has 0 aliphatic rings. The van der Waals surface area contributed by atoms with E-state index in [4.69, 9.17) is 0 Å². The standard InChI is InChI=1S/C16H24N4/c1-5-20-10-8-15(18-20)12-19(4)14(3)11-16-13(2)7-6-9-17-16/h6-10,14H,5,11-12H2,1-4H3/t14-/m1/s1. The van der Waals surface area contributed by atoms with Gasteiger partial charge < -0.3 is 0 Å². The third-order valence-electron chi connectivity index (χ3n) is 3.79. The van der Waals surface area contributed by atoms with E-state index in [9.17, 15) is 0 Å². The molecular formula is C16H24N4. The van der Waals surface area contributed by atoms with Crippen LogP contribution in [0.15, 0.2) is 30.6 Å². The molecule has 0 bridgehead atoms. The molecule has 108 valence electrons. The minimum atomic E-state index is 0.440. The van der Waals surface area contributed by atoms with Gasteiger partial charge in [0, 0.05) is 43.6 Å². The molecule has 2 rings (SSSR count). The molecule has 2 aromatic rings. The summed E-state index contributed by atoms with van der Waals surface area (Å²) in [6, 6.07) is 6.65. The summed E-state index contributed by atoms with van der Waals surface area (Å²) in [5, 5.41) is 4.54. The van der Waals surface area contributed by atoms with Gasteiger partial charge in [-0.3, -0.25) is 14.6 Å². The Kier molecular flexibility index (Phi) is 4.90. The lowest BCUT2D eigenvalue weighted by molar-refractivity contribution is 0.243. The van der Waals surface area contributed by atoms with E-state index in [1.807, 2.05) is 23.1 Å². The Morgan fingerprint density at radius 2 is 2.15 bits per heavy atom. The zero-order chi connectivity index (χ0) is 14.5. The first-order chi connectivity index (χ1) is 9.60. The van der Waals surface area contributed by atoms with Crippen molar-refractivity contribution in [3.8, 4) is 0 Å². The summed E-state index contributed by atoms with van der Waals surface area (Å²) in [7, 11) is 2.15. The highest BCUT2D eigenvalue weighted by Gasteiger charge is 2.13. The Bertz CT molecular complexity index is 547. The van der Waals surface area contributed by atoms with Crippen LogP contribution >= 0.6 is 0 Å². The van der Waals surface area contributed by atoms with Gasteiger partial charge in [0.1, 0.15) is 0 Å². The van der Waals surface area contributed by atoms with Crippen LogP contribution in [-0.2, 0) is 19.5 Å². The number of nitrogens with zero attached hydrogens (tertiary/aromatic N) is 4. The fourth-order valence-electron chi connectivity index (χ4n) is 2.24. The Morgan fingerprint density at radius 3 is 2.80 bits per heavy atom. The van der Waals surface area contributed by atoms with Crippen LogP contribution in [0.3, 0.4) is 0 Å². The van der Waals surface area contributed by atoms with Crippen LogP contribution in [0.4, 0.5) is 0 Å². The van der Waals surface area contributed by atoms with Crippen LogP contribution in [0.2, 0.25) is 0 Å². The van der Waals surface area contributed by atoms with E-state index in [1.54, 1.807) is 0 Å². The summed E-state index contributed by atoms with van der Waals surface area (Å²) in [6.07, 6.45) is 4.88. The summed E-state index contributed by atoms with van der Waals surface area (Å²) in [4.78, 5) is 6.81.